The van der Waals surface area contributed by atoms with Gasteiger partial charge >= 0.3 is 0 Å². The van der Waals surface area contributed by atoms with E-state index in [0.29, 0.717) is 52.2 Å². The summed E-state index contributed by atoms with van der Waals surface area (Å²) in [7, 11) is 9.22. The minimum absolute atomic E-state index is 0.127. The molecule has 0 spiro atoms. The van der Waals surface area contributed by atoms with Crippen molar-refractivity contribution in [3.05, 3.63) is 48.0 Å². The molecule has 0 aromatic heterocycles. The molecule has 0 bridgehead atoms. The van der Waals surface area contributed by atoms with Crippen LogP contribution < -0.4 is 28.4 Å². The topological polar surface area (TPSA) is 108 Å². The Labute approximate surface area is 194 Å². The van der Waals surface area contributed by atoms with Gasteiger partial charge in [-0.1, -0.05) is 6.08 Å². The van der Waals surface area contributed by atoms with E-state index in [1.54, 1.807) is 45.6 Å². The normalized spacial score (nSPS) is 15.8. The van der Waals surface area contributed by atoms with Gasteiger partial charge in [-0.05, 0) is 35.4 Å². The minimum Gasteiger partial charge on any atom is -0.493 e. The molecule has 1 saturated heterocycles. The van der Waals surface area contributed by atoms with Crippen molar-refractivity contribution in [1.82, 2.24) is 0 Å². The van der Waals surface area contributed by atoms with Crippen LogP contribution in [0.25, 0.3) is 0 Å². The molecule has 0 aliphatic carbocycles. The van der Waals surface area contributed by atoms with Crippen LogP contribution in [0.5, 0.6) is 34.5 Å². The van der Waals surface area contributed by atoms with Gasteiger partial charge in [0.1, 0.15) is 12.2 Å². The summed E-state index contributed by atoms with van der Waals surface area (Å²) in [5.74, 6) is 3.10. The summed E-state index contributed by atoms with van der Waals surface area (Å²) in [6.45, 7) is 4.11. The van der Waals surface area contributed by atoms with Crippen LogP contribution in [-0.4, -0.2) is 65.6 Å². The van der Waals surface area contributed by atoms with Gasteiger partial charge in [0, 0.05) is 0 Å². The summed E-state index contributed by atoms with van der Waals surface area (Å²) in [5, 5.41) is 19.6. The van der Waals surface area contributed by atoms with E-state index in [2.05, 4.69) is 6.58 Å². The Bertz CT molecular complexity index is 874. The van der Waals surface area contributed by atoms with Crippen LogP contribution in [0, 0.1) is 0 Å². The highest BCUT2D eigenvalue weighted by Crippen LogP contribution is 2.42. The molecule has 3 rings (SSSR count). The van der Waals surface area contributed by atoms with Crippen molar-refractivity contribution in [2.75, 3.05) is 49.3 Å². The van der Waals surface area contributed by atoms with E-state index >= 15 is 0 Å². The SMILES string of the molecule is C=C[C@H](O)c1cc(OC)c(OC)c(OC)c1.COc1cc([C@@H](O)C2CO2)cc(OC)c1OC. The van der Waals surface area contributed by atoms with Crippen molar-refractivity contribution < 1.29 is 43.4 Å². The van der Waals surface area contributed by atoms with Gasteiger partial charge in [-0.15, -0.1) is 6.58 Å². The number of aliphatic hydroxyl groups is 2. The third kappa shape index (κ3) is 6.22. The number of hydrogen-bond donors (Lipinski definition) is 2. The highest BCUT2D eigenvalue weighted by Gasteiger charge is 2.33. The molecule has 2 aromatic rings. The van der Waals surface area contributed by atoms with Gasteiger partial charge in [0.2, 0.25) is 11.5 Å². The monoisotopic (exact) mass is 464 g/mol. The molecule has 0 saturated carbocycles. The average Bonchev–Trinajstić information content (AvgIpc) is 3.71. The summed E-state index contributed by atoms with van der Waals surface area (Å²) in [6.07, 6.45) is -0.115. The van der Waals surface area contributed by atoms with E-state index < -0.39 is 12.2 Å². The first-order valence-corrected chi connectivity index (χ1v) is 10.1. The molecule has 9 heteroatoms. The highest BCUT2D eigenvalue weighted by molar-refractivity contribution is 5.55. The first-order chi connectivity index (χ1) is 15.9. The number of rotatable bonds is 10. The summed E-state index contributed by atoms with van der Waals surface area (Å²) < 4.78 is 36.2. The van der Waals surface area contributed by atoms with Gasteiger partial charge in [0.15, 0.2) is 23.0 Å². The Kier molecular flexibility index (Phi) is 9.65. The molecule has 2 aromatic carbocycles. The quantitative estimate of drug-likeness (QED) is 0.405. The summed E-state index contributed by atoms with van der Waals surface area (Å²) >= 11 is 0. The molecule has 33 heavy (non-hydrogen) atoms. The number of benzene rings is 2. The maximum absolute atomic E-state index is 9.99. The number of ether oxygens (including phenoxy) is 7. The van der Waals surface area contributed by atoms with Crippen molar-refractivity contribution in [3.63, 3.8) is 0 Å². The predicted octanol–water partition coefficient (Wildman–Crippen LogP) is 3.08. The molecular weight excluding hydrogens is 432 g/mol. The summed E-state index contributed by atoms with van der Waals surface area (Å²) in [5.41, 5.74) is 1.34. The second-order valence-corrected chi connectivity index (χ2v) is 6.91. The van der Waals surface area contributed by atoms with E-state index in [0.717, 1.165) is 0 Å². The lowest BCUT2D eigenvalue weighted by atomic mass is 10.1. The fraction of sp³-hybridized carbons (Fsp3) is 0.417. The standard InChI is InChI=1S/C12H16O5.C12H16O4/c1-14-8-4-7(11(13)10-6-17-10)5-9(15-2)12(8)16-3;1-5-9(13)8-6-10(14-2)12(16-4)11(7-8)15-3/h4-5,10-11,13H,6H2,1-3H3;5-7,9,13H,1H2,2-4H3/t10?,11-;9-/m10/s1. The molecule has 1 heterocycles. The molecule has 182 valence electrons. The van der Waals surface area contributed by atoms with E-state index in [1.807, 2.05) is 0 Å². The average molecular weight is 465 g/mol. The third-order valence-corrected chi connectivity index (χ3v) is 4.99. The zero-order valence-corrected chi connectivity index (χ0v) is 19.8. The molecule has 0 amide bonds. The van der Waals surface area contributed by atoms with E-state index in [4.69, 9.17) is 33.2 Å². The number of aliphatic hydroxyl groups excluding tert-OH is 2. The first kappa shape index (κ1) is 26.1. The molecule has 1 fully saturated rings. The largest absolute Gasteiger partial charge is 0.493 e. The second kappa shape index (κ2) is 12.2. The Hall–Kier alpha value is -3.14. The molecule has 2 N–H and O–H groups in total. The van der Waals surface area contributed by atoms with Gasteiger partial charge < -0.3 is 43.4 Å². The lowest BCUT2D eigenvalue weighted by Gasteiger charge is -2.16. The van der Waals surface area contributed by atoms with Gasteiger partial charge in [0.25, 0.3) is 0 Å². The molecule has 0 radical (unpaired) electrons. The zero-order valence-electron chi connectivity index (χ0n) is 19.8. The number of hydrogen-bond acceptors (Lipinski definition) is 9. The Morgan fingerprint density at radius 3 is 1.39 bits per heavy atom. The van der Waals surface area contributed by atoms with E-state index in [-0.39, 0.29) is 6.10 Å². The van der Waals surface area contributed by atoms with Crippen LogP contribution >= 0.6 is 0 Å². The lowest BCUT2D eigenvalue weighted by Crippen LogP contribution is -2.06. The summed E-state index contributed by atoms with van der Waals surface area (Å²) in [6, 6.07) is 6.84. The van der Waals surface area contributed by atoms with Crippen LogP contribution in [-0.2, 0) is 4.74 Å². The van der Waals surface area contributed by atoms with Gasteiger partial charge in [-0.25, -0.2) is 0 Å². The van der Waals surface area contributed by atoms with Crippen LogP contribution in [0.4, 0.5) is 0 Å². The van der Waals surface area contributed by atoms with Crippen molar-refractivity contribution in [1.29, 1.82) is 0 Å². The fourth-order valence-corrected chi connectivity index (χ4v) is 3.13. The van der Waals surface area contributed by atoms with Gasteiger partial charge in [0.05, 0.1) is 55.4 Å². The van der Waals surface area contributed by atoms with Crippen LogP contribution in [0.3, 0.4) is 0 Å². The Morgan fingerprint density at radius 1 is 0.758 bits per heavy atom. The van der Waals surface area contributed by atoms with Crippen molar-refractivity contribution in [3.8, 4) is 34.5 Å². The molecule has 1 unspecified atom stereocenters. The van der Waals surface area contributed by atoms with Crippen LogP contribution in [0.15, 0.2) is 36.9 Å². The Morgan fingerprint density at radius 2 is 1.12 bits per heavy atom. The van der Waals surface area contributed by atoms with Crippen molar-refractivity contribution in [2.45, 2.75) is 18.3 Å². The minimum atomic E-state index is -0.756. The second-order valence-electron chi connectivity index (χ2n) is 6.91. The molecule has 9 nitrogen and oxygen atoms in total. The molecule has 3 atom stereocenters. The van der Waals surface area contributed by atoms with E-state index in [9.17, 15) is 10.2 Å². The zero-order chi connectivity index (χ0) is 24.5. The molecule has 1 aliphatic heterocycles. The van der Waals surface area contributed by atoms with Crippen molar-refractivity contribution >= 4 is 0 Å². The molecule has 1 aliphatic rings. The predicted molar refractivity (Wildman–Crippen MR) is 122 cm³/mol. The summed E-state index contributed by atoms with van der Waals surface area (Å²) in [4.78, 5) is 0. The molecular formula is C24H32O9. The van der Waals surface area contributed by atoms with E-state index in [1.165, 1.54) is 27.4 Å². The van der Waals surface area contributed by atoms with Crippen LogP contribution in [0.2, 0.25) is 0 Å². The third-order valence-electron chi connectivity index (χ3n) is 4.99. The fourth-order valence-electron chi connectivity index (χ4n) is 3.13. The lowest BCUT2D eigenvalue weighted by molar-refractivity contribution is 0.136. The number of methoxy groups -OCH3 is 6. The van der Waals surface area contributed by atoms with Gasteiger partial charge in [-0.2, -0.15) is 0 Å². The maximum Gasteiger partial charge on any atom is 0.203 e. The first-order valence-electron chi connectivity index (χ1n) is 10.1. The Balaban J connectivity index is 0.000000234. The van der Waals surface area contributed by atoms with Crippen molar-refractivity contribution in [2.24, 2.45) is 0 Å². The van der Waals surface area contributed by atoms with Gasteiger partial charge in [-0.3, -0.25) is 0 Å². The smallest absolute Gasteiger partial charge is 0.203 e. The van der Waals surface area contributed by atoms with Crippen LogP contribution in [0.1, 0.15) is 23.3 Å². The highest BCUT2D eigenvalue weighted by atomic mass is 16.6. The maximum atomic E-state index is 9.99. The number of epoxide rings is 1.